The normalized spacial score (nSPS) is 16.6. The lowest BCUT2D eigenvalue weighted by Gasteiger charge is -2.36. The largest absolute Gasteiger partial charge is 0.467 e. The van der Waals surface area contributed by atoms with Crippen molar-refractivity contribution in [3.63, 3.8) is 0 Å². The minimum Gasteiger partial charge on any atom is -0.467 e. The van der Waals surface area contributed by atoms with Crippen molar-refractivity contribution in [1.29, 1.82) is 0 Å². The standard InChI is InChI=1S/C16H23N3O3/c1-22-14(20)16(10-6-3-7-11-16)18-15(21)19(12-17)13-8-4-2-5-9-13/h2,4-5,8-9H,3,6-7,10-12,17H2,1H3,(H,18,21). The Labute approximate surface area is 130 Å². The highest BCUT2D eigenvalue weighted by molar-refractivity contribution is 5.96. The first-order valence-electron chi connectivity index (χ1n) is 7.56. The van der Waals surface area contributed by atoms with E-state index >= 15 is 0 Å². The molecule has 1 aromatic carbocycles. The molecule has 0 aromatic heterocycles. The van der Waals surface area contributed by atoms with Crippen molar-refractivity contribution < 1.29 is 14.3 Å². The number of rotatable bonds is 4. The van der Waals surface area contributed by atoms with Crippen molar-refractivity contribution in [2.45, 2.75) is 37.6 Å². The molecule has 1 aliphatic carbocycles. The van der Waals surface area contributed by atoms with Crippen LogP contribution < -0.4 is 16.0 Å². The number of urea groups is 1. The van der Waals surface area contributed by atoms with Crippen molar-refractivity contribution in [2.75, 3.05) is 18.7 Å². The fourth-order valence-corrected chi connectivity index (χ4v) is 2.92. The second-order valence-electron chi connectivity index (χ2n) is 5.51. The second kappa shape index (κ2) is 7.26. The third-order valence-electron chi connectivity index (χ3n) is 4.13. The molecule has 3 N–H and O–H groups in total. The van der Waals surface area contributed by atoms with Gasteiger partial charge >= 0.3 is 12.0 Å². The van der Waals surface area contributed by atoms with Gasteiger partial charge in [-0.1, -0.05) is 37.5 Å². The Morgan fingerprint density at radius 2 is 1.86 bits per heavy atom. The molecule has 120 valence electrons. The van der Waals surface area contributed by atoms with E-state index in [4.69, 9.17) is 10.5 Å². The molecule has 1 fully saturated rings. The molecule has 1 aliphatic rings. The zero-order valence-corrected chi connectivity index (χ0v) is 12.9. The molecule has 0 spiro atoms. The van der Waals surface area contributed by atoms with Gasteiger partial charge in [0.25, 0.3) is 0 Å². The third-order valence-corrected chi connectivity index (χ3v) is 4.13. The van der Waals surface area contributed by atoms with Gasteiger partial charge in [-0.05, 0) is 25.0 Å². The van der Waals surface area contributed by atoms with Gasteiger partial charge in [0.15, 0.2) is 0 Å². The summed E-state index contributed by atoms with van der Waals surface area (Å²) in [6, 6.07) is 8.77. The van der Waals surface area contributed by atoms with Crippen LogP contribution in [0.4, 0.5) is 10.5 Å². The predicted octanol–water partition coefficient (Wildman–Crippen LogP) is 1.99. The number of anilines is 1. The number of hydrogen-bond acceptors (Lipinski definition) is 4. The quantitative estimate of drug-likeness (QED) is 0.658. The molecule has 2 rings (SSSR count). The summed E-state index contributed by atoms with van der Waals surface area (Å²) < 4.78 is 4.91. The Bertz CT molecular complexity index is 513. The summed E-state index contributed by atoms with van der Waals surface area (Å²) in [6.07, 6.45) is 4.04. The number of para-hydroxylation sites is 1. The number of nitrogens with two attached hydrogens (primary N) is 1. The van der Waals surface area contributed by atoms with E-state index in [1.807, 2.05) is 18.2 Å². The van der Waals surface area contributed by atoms with Crippen LogP contribution in [0.15, 0.2) is 30.3 Å². The topological polar surface area (TPSA) is 84.7 Å². The number of ether oxygens (including phenoxy) is 1. The van der Waals surface area contributed by atoms with Crippen LogP contribution in [-0.4, -0.2) is 31.3 Å². The Morgan fingerprint density at radius 3 is 2.41 bits per heavy atom. The van der Waals surface area contributed by atoms with Gasteiger partial charge in [0, 0.05) is 5.69 Å². The van der Waals surface area contributed by atoms with Gasteiger partial charge in [-0.15, -0.1) is 0 Å². The number of carbonyl (C=O) groups excluding carboxylic acids is 2. The van der Waals surface area contributed by atoms with E-state index in [-0.39, 0.29) is 18.7 Å². The molecule has 0 saturated heterocycles. The Kier molecular flexibility index (Phi) is 5.38. The SMILES string of the molecule is COC(=O)C1(NC(=O)N(CN)c2ccccc2)CCCCC1. The van der Waals surface area contributed by atoms with E-state index in [2.05, 4.69) is 5.32 Å². The average molecular weight is 305 g/mol. The number of nitrogens with zero attached hydrogens (tertiary/aromatic N) is 1. The summed E-state index contributed by atoms with van der Waals surface area (Å²) in [7, 11) is 1.35. The van der Waals surface area contributed by atoms with Crippen LogP contribution in [0.25, 0.3) is 0 Å². The molecule has 0 unspecified atom stereocenters. The fraction of sp³-hybridized carbons (Fsp3) is 0.500. The van der Waals surface area contributed by atoms with Crippen LogP contribution in [0.2, 0.25) is 0 Å². The number of nitrogens with one attached hydrogen (secondary N) is 1. The summed E-state index contributed by atoms with van der Waals surface area (Å²) in [4.78, 5) is 26.2. The van der Waals surface area contributed by atoms with Gasteiger partial charge in [-0.3, -0.25) is 4.90 Å². The molecule has 0 atom stereocenters. The molecule has 2 amide bonds. The number of amides is 2. The first-order valence-corrected chi connectivity index (χ1v) is 7.56. The molecular weight excluding hydrogens is 282 g/mol. The molecule has 0 heterocycles. The smallest absolute Gasteiger partial charge is 0.331 e. The van der Waals surface area contributed by atoms with Gasteiger partial charge in [0.1, 0.15) is 5.54 Å². The van der Waals surface area contributed by atoms with Crippen LogP contribution in [0.1, 0.15) is 32.1 Å². The Morgan fingerprint density at radius 1 is 1.23 bits per heavy atom. The number of methoxy groups -OCH3 is 1. The molecule has 22 heavy (non-hydrogen) atoms. The summed E-state index contributed by atoms with van der Waals surface area (Å²) in [6.45, 7) is 0.0348. The maximum atomic E-state index is 12.6. The van der Waals surface area contributed by atoms with Gasteiger partial charge in [-0.25, -0.2) is 9.59 Å². The zero-order chi connectivity index (χ0) is 16.0. The van der Waals surface area contributed by atoms with Crippen LogP contribution in [0, 0.1) is 0 Å². The van der Waals surface area contributed by atoms with Crippen LogP contribution in [0.3, 0.4) is 0 Å². The zero-order valence-electron chi connectivity index (χ0n) is 12.9. The second-order valence-corrected chi connectivity index (χ2v) is 5.51. The van der Waals surface area contributed by atoms with Gasteiger partial charge in [0.05, 0.1) is 13.8 Å². The molecule has 0 aliphatic heterocycles. The molecule has 1 aromatic rings. The van der Waals surface area contributed by atoms with E-state index < -0.39 is 5.54 Å². The highest BCUT2D eigenvalue weighted by Crippen LogP contribution is 2.30. The Hall–Kier alpha value is -2.08. The monoisotopic (exact) mass is 305 g/mol. The van der Waals surface area contributed by atoms with E-state index in [1.54, 1.807) is 12.1 Å². The predicted molar refractivity (Wildman–Crippen MR) is 84.3 cm³/mol. The number of esters is 1. The van der Waals surface area contributed by atoms with E-state index in [1.165, 1.54) is 12.0 Å². The minimum atomic E-state index is -0.938. The van der Waals surface area contributed by atoms with Gasteiger partial charge in [0.2, 0.25) is 0 Å². The average Bonchev–Trinajstić information content (AvgIpc) is 2.56. The molecule has 6 nitrogen and oxygen atoms in total. The number of benzene rings is 1. The molecular formula is C16H23N3O3. The maximum Gasteiger partial charge on any atom is 0.331 e. The first kappa shape index (κ1) is 16.3. The van der Waals surface area contributed by atoms with Crippen LogP contribution in [0.5, 0.6) is 0 Å². The molecule has 1 saturated carbocycles. The van der Waals surface area contributed by atoms with E-state index in [0.717, 1.165) is 19.3 Å². The highest BCUT2D eigenvalue weighted by atomic mass is 16.5. The molecule has 6 heteroatoms. The lowest BCUT2D eigenvalue weighted by atomic mass is 9.81. The van der Waals surface area contributed by atoms with Crippen molar-refractivity contribution >= 4 is 17.7 Å². The first-order chi connectivity index (χ1) is 10.6. The number of hydrogen-bond donors (Lipinski definition) is 2. The summed E-state index contributed by atoms with van der Waals surface area (Å²) >= 11 is 0. The number of carbonyl (C=O) groups is 2. The van der Waals surface area contributed by atoms with Crippen molar-refractivity contribution in [3.05, 3.63) is 30.3 Å². The van der Waals surface area contributed by atoms with E-state index in [9.17, 15) is 9.59 Å². The molecule has 0 bridgehead atoms. The van der Waals surface area contributed by atoms with Crippen molar-refractivity contribution in [3.8, 4) is 0 Å². The van der Waals surface area contributed by atoms with Crippen molar-refractivity contribution in [1.82, 2.24) is 5.32 Å². The van der Waals surface area contributed by atoms with E-state index in [0.29, 0.717) is 18.5 Å². The van der Waals surface area contributed by atoms with Crippen molar-refractivity contribution in [2.24, 2.45) is 5.73 Å². The highest BCUT2D eigenvalue weighted by Gasteiger charge is 2.42. The maximum absolute atomic E-state index is 12.6. The lowest BCUT2D eigenvalue weighted by molar-refractivity contribution is -0.149. The lowest BCUT2D eigenvalue weighted by Crippen LogP contribution is -2.59. The van der Waals surface area contributed by atoms with Gasteiger partial charge < -0.3 is 15.8 Å². The van der Waals surface area contributed by atoms with Crippen LogP contribution >= 0.6 is 0 Å². The third kappa shape index (κ3) is 3.39. The minimum absolute atomic E-state index is 0.0348. The van der Waals surface area contributed by atoms with Crippen LogP contribution in [-0.2, 0) is 9.53 Å². The Balaban J connectivity index is 2.18. The fourth-order valence-electron chi connectivity index (χ4n) is 2.92. The molecule has 0 radical (unpaired) electrons. The van der Waals surface area contributed by atoms with Gasteiger partial charge in [-0.2, -0.15) is 0 Å². The summed E-state index contributed by atoms with van der Waals surface area (Å²) in [5, 5.41) is 2.87. The summed E-state index contributed by atoms with van der Waals surface area (Å²) in [5.41, 5.74) is 5.47. The summed E-state index contributed by atoms with van der Waals surface area (Å²) in [5.74, 6) is -0.384.